The highest BCUT2D eigenvalue weighted by Gasteiger charge is 2.54. The third kappa shape index (κ3) is 2.99. The predicted molar refractivity (Wildman–Crippen MR) is 72.1 cm³/mol. The summed E-state index contributed by atoms with van der Waals surface area (Å²) in [6.07, 6.45) is 3.65. The summed E-state index contributed by atoms with van der Waals surface area (Å²) in [6.45, 7) is 5.01. The molecule has 4 atom stereocenters. The molecule has 4 unspecified atom stereocenters. The van der Waals surface area contributed by atoms with Gasteiger partial charge in [-0.25, -0.2) is 4.79 Å². The van der Waals surface area contributed by atoms with E-state index in [1.165, 1.54) is 0 Å². The Labute approximate surface area is 122 Å². The molecule has 21 heavy (non-hydrogen) atoms. The van der Waals surface area contributed by atoms with E-state index in [9.17, 15) is 19.5 Å². The highest BCUT2D eigenvalue weighted by molar-refractivity contribution is 5.84. The Hall–Kier alpha value is -2.11. The molecule has 0 aromatic rings. The van der Waals surface area contributed by atoms with Crippen LogP contribution in [0.5, 0.6) is 0 Å². The van der Waals surface area contributed by atoms with Gasteiger partial charge in [0, 0.05) is 6.08 Å². The summed E-state index contributed by atoms with van der Waals surface area (Å²) in [5.41, 5.74) is 1.05. The highest BCUT2D eigenvalue weighted by atomic mass is 16.6. The number of ether oxygens (including phenoxy) is 2. The first-order valence-electron chi connectivity index (χ1n) is 6.82. The normalized spacial score (nSPS) is 29.7. The lowest BCUT2D eigenvalue weighted by atomic mass is 9.80. The number of fused-ring (bicyclic) bond motifs is 2. The molecule has 2 rings (SSSR count). The van der Waals surface area contributed by atoms with E-state index in [0.717, 1.165) is 11.6 Å². The smallest absolute Gasteiger partial charge is 0.330 e. The number of carbonyl (C=O) groups excluding carboxylic acids is 2. The van der Waals surface area contributed by atoms with Crippen LogP contribution in [-0.2, 0) is 23.9 Å². The summed E-state index contributed by atoms with van der Waals surface area (Å²) in [4.78, 5) is 34.3. The van der Waals surface area contributed by atoms with Gasteiger partial charge in [0.05, 0.1) is 11.8 Å². The zero-order valence-electron chi connectivity index (χ0n) is 11.8. The minimum Gasteiger partial charge on any atom is -0.481 e. The van der Waals surface area contributed by atoms with Crippen molar-refractivity contribution in [3.8, 4) is 0 Å². The summed E-state index contributed by atoms with van der Waals surface area (Å²) in [6, 6.07) is 0. The third-order valence-corrected chi connectivity index (χ3v) is 4.17. The van der Waals surface area contributed by atoms with Crippen LogP contribution in [-0.4, -0.2) is 36.2 Å². The van der Waals surface area contributed by atoms with Gasteiger partial charge in [0.1, 0.15) is 13.2 Å². The van der Waals surface area contributed by atoms with Crippen molar-refractivity contribution in [3.63, 3.8) is 0 Å². The Morgan fingerprint density at radius 2 is 2.00 bits per heavy atom. The van der Waals surface area contributed by atoms with Crippen molar-refractivity contribution >= 4 is 17.9 Å². The van der Waals surface area contributed by atoms with Gasteiger partial charge in [-0.1, -0.05) is 18.2 Å². The average Bonchev–Trinajstić information content (AvgIpc) is 2.99. The molecular formula is C15H18O6. The maximum Gasteiger partial charge on any atom is 0.330 e. The number of hydrogen-bond acceptors (Lipinski definition) is 5. The molecule has 2 aliphatic carbocycles. The average molecular weight is 294 g/mol. The molecule has 1 N–H and O–H groups in total. The number of rotatable bonds is 6. The van der Waals surface area contributed by atoms with Crippen molar-refractivity contribution in [1.82, 2.24) is 0 Å². The Morgan fingerprint density at radius 3 is 2.62 bits per heavy atom. The molecule has 6 nitrogen and oxygen atoms in total. The minimum atomic E-state index is -0.966. The molecule has 6 heteroatoms. The fourth-order valence-electron chi connectivity index (χ4n) is 3.29. The van der Waals surface area contributed by atoms with E-state index in [1.54, 1.807) is 0 Å². The SMILES string of the molecule is C=CC(=O)OCCOC(=O)C1C2CC(C=C2C)C1C(=O)O. The van der Waals surface area contributed by atoms with Crippen LogP contribution in [0.1, 0.15) is 13.3 Å². The predicted octanol–water partition coefficient (Wildman–Crippen LogP) is 1.17. The van der Waals surface area contributed by atoms with Crippen molar-refractivity contribution in [2.24, 2.45) is 23.7 Å². The number of esters is 2. The lowest BCUT2D eigenvalue weighted by molar-refractivity contribution is -0.160. The van der Waals surface area contributed by atoms with Crippen LogP contribution in [0, 0.1) is 23.7 Å². The summed E-state index contributed by atoms with van der Waals surface area (Å²) >= 11 is 0. The summed E-state index contributed by atoms with van der Waals surface area (Å²) in [5, 5.41) is 9.30. The Balaban J connectivity index is 1.92. The van der Waals surface area contributed by atoms with Gasteiger partial charge in [-0.3, -0.25) is 9.59 Å². The van der Waals surface area contributed by atoms with E-state index >= 15 is 0 Å². The van der Waals surface area contributed by atoms with Gasteiger partial charge < -0.3 is 14.6 Å². The Morgan fingerprint density at radius 1 is 1.33 bits per heavy atom. The van der Waals surface area contributed by atoms with Crippen molar-refractivity contribution < 1.29 is 29.0 Å². The van der Waals surface area contributed by atoms with Gasteiger partial charge in [-0.15, -0.1) is 0 Å². The lowest BCUT2D eigenvalue weighted by Gasteiger charge is -2.25. The summed E-state index contributed by atoms with van der Waals surface area (Å²) in [5.74, 6) is -3.60. The molecule has 0 aromatic heterocycles. The fourth-order valence-corrected chi connectivity index (χ4v) is 3.29. The van der Waals surface area contributed by atoms with Crippen LogP contribution in [0.15, 0.2) is 24.3 Å². The van der Waals surface area contributed by atoms with Gasteiger partial charge in [-0.05, 0) is 25.2 Å². The second-order valence-electron chi connectivity index (χ2n) is 5.35. The summed E-state index contributed by atoms with van der Waals surface area (Å²) in [7, 11) is 0. The van der Waals surface area contributed by atoms with Crippen molar-refractivity contribution in [2.45, 2.75) is 13.3 Å². The van der Waals surface area contributed by atoms with E-state index in [0.29, 0.717) is 6.42 Å². The molecule has 1 saturated carbocycles. The second kappa shape index (κ2) is 6.11. The molecule has 0 aromatic carbocycles. The van der Waals surface area contributed by atoms with Gasteiger partial charge in [0.15, 0.2) is 0 Å². The lowest BCUT2D eigenvalue weighted by Crippen LogP contribution is -2.35. The van der Waals surface area contributed by atoms with Crippen molar-refractivity contribution in [3.05, 3.63) is 24.3 Å². The Bertz CT molecular complexity index is 506. The quantitative estimate of drug-likeness (QED) is 0.342. The minimum absolute atomic E-state index is 0.0562. The number of allylic oxidation sites excluding steroid dienone is 2. The number of hydrogen-bond donors (Lipinski definition) is 1. The largest absolute Gasteiger partial charge is 0.481 e. The standard InChI is InChI=1S/C15H18O6/c1-3-11(16)20-4-5-21-15(19)13-10-7-9(6-8(10)2)12(13)14(17)18/h3,6,9-10,12-13H,1,4-5,7H2,2H3,(H,17,18). The molecule has 2 bridgehead atoms. The van der Waals surface area contributed by atoms with Gasteiger partial charge in [-0.2, -0.15) is 0 Å². The van der Waals surface area contributed by atoms with Gasteiger partial charge >= 0.3 is 17.9 Å². The van der Waals surface area contributed by atoms with Crippen molar-refractivity contribution in [1.29, 1.82) is 0 Å². The molecule has 2 aliphatic rings. The molecule has 114 valence electrons. The zero-order chi connectivity index (χ0) is 15.6. The Kier molecular flexibility index (Phi) is 4.45. The van der Waals surface area contributed by atoms with Crippen LogP contribution in [0.25, 0.3) is 0 Å². The number of carboxylic acids is 1. The van der Waals surface area contributed by atoms with E-state index in [-0.39, 0.29) is 25.0 Å². The first kappa shape index (κ1) is 15.3. The summed E-state index contributed by atoms with van der Waals surface area (Å²) < 4.78 is 9.76. The number of carbonyl (C=O) groups is 3. The van der Waals surface area contributed by atoms with Crippen molar-refractivity contribution in [2.75, 3.05) is 13.2 Å². The highest BCUT2D eigenvalue weighted by Crippen LogP contribution is 2.51. The molecule has 0 radical (unpaired) electrons. The monoisotopic (exact) mass is 294 g/mol. The fraction of sp³-hybridized carbons (Fsp3) is 0.533. The topological polar surface area (TPSA) is 89.9 Å². The van der Waals surface area contributed by atoms with E-state index in [4.69, 9.17) is 9.47 Å². The van der Waals surface area contributed by atoms with E-state index < -0.39 is 29.7 Å². The van der Waals surface area contributed by atoms with Crippen LogP contribution >= 0.6 is 0 Å². The van der Waals surface area contributed by atoms with Gasteiger partial charge in [0.25, 0.3) is 0 Å². The molecule has 0 heterocycles. The van der Waals surface area contributed by atoms with Crippen LogP contribution in [0.3, 0.4) is 0 Å². The second-order valence-corrected chi connectivity index (χ2v) is 5.35. The van der Waals surface area contributed by atoms with Crippen LogP contribution in [0.2, 0.25) is 0 Å². The maximum atomic E-state index is 12.1. The zero-order valence-corrected chi connectivity index (χ0v) is 11.8. The molecule has 0 spiro atoms. The molecule has 0 aliphatic heterocycles. The number of carboxylic acid groups (broad SMARTS) is 1. The molecule has 0 amide bonds. The third-order valence-electron chi connectivity index (χ3n) is 4.17. The molecule has 1 fully saturated rings. The van der Waals surface area contributed by atoms with E-state index in [1.807, 2.05) is 13.0 Å². The molecule has 0 saturated heterocycles. The first-order chi connectivity index (χ1) is 9.95. The molecular weight excluding hydrogens is 276 g/mol. The van der Waals surface area contributed by atoms with Crippen LogP contribution < -0.4 is 0 Å². The number of aliphatic carboxylic acids is 1. The first-order valence-corrected chi connectivity index (χ1v) is 6.82. The van der Waals surface area contributed by atoms with Gasteiger partial charge in [0.2, 0.25) is 0 Å². The van der Waals surface area contributed by atoms with E-state index in [2.05, 4.69) is 6.58 Å². The maximum absolute atomic E-state index is 12.1. The van der Waals surface area contributed by atoms with Crippen LogP contribution in [0.4, 0.5) is 0 Å².